The Hall–Kier alpha value is -1.30. The Morgan fingerprint density at radius 3 is 2.59 bits per heavy atom. The van der Waals surface area contributed by atoms with Gasteiger partial charge in [0.1, 0.15) is 6.04 Å². The number of hydrogen-bond acceptors (Lipinski definition) is 3. The van der Waals surface area contributed by atoms with Crippen molar-refractivity contribution in [2.45, 2.75) is 12.5 Å². The van der Waals surface area contributed by atoms with Crippen LogP contribution in [0.5, 0.6) is 0 Å². The maximum Gasteiger partial charge on any atom is 0.321 e. The molecule has 92 valence electrons. The quantitative estimate of drug-likeness (QED) is 0.781. The minimum absolute atomic E-state index is 0.273. The largest absolute Gasteiger partial charge is 0.480 e. The van der Waals surface area contributed by atoms with Crippen LogP contribution in [-0.4, -0.2) is 23.0 Å². The number of benzene rings is 1. The van der Waals surface area contributed by atoms with Crippen molar-refractivity contribution in [2.24, 2.45) is 5.73 Å². The zero-order valence-corrected chi connectivity index (χ0v) is 10.1. The SMILES string of the molecule is NC(CC(=O)Nc1ccc(Cl)cc1Cl)C(=O)O. The van der Waals surface area contributed by atoms with Crippen molar-refractivity contribution >= 4 is 40.8 Å². The van der Waals surface area contributed by atoms with E-state index < -0.39 is 17.9 Å². The van der Waals surface area contributed by atoms with Crippen LogP contribution in [-0.2, 0) is 9.59 Å². The topological polar surface area (TPSA) is 92.4 Å². The van der Waals surface area contributed by atoms with Crippen LogP contribution in [0.15, 0.2) is 18.2 Å². The molecule has 5 nitrogen and oxygen atoms in total. The fraction of sp³-hybridized carbons (Fsp3) is 0.200. The first-order valence-corrected chi connectivity index (χ1v) is 5.39. The first-order valence-electron chi connectivity index (χ1n) is 4.63. The Labute approximate surface area is 108 Å². The van der Waals surface area contributed by atoms with Gasteiger partial charge in [-0.1, -0.05) is 23.2 Å². The molecular formula is C10H10Cl2N2O3. The molecular weight excluding hydrogens is 267 g/mol. The first-order chi connectivity index (χ1) is 7.90. The van der Waals surface area contributed by atoms with E-state index in [1.54, 1.807) is 6.07 Å². The minimum Gasteiger partial charge on any atom is -0.480 e. The van der Waals surface area contributed by atoms with E-state index in [2.05, 4.69) is 5.32 Å². The van der Waals surface area contributed by atoms with Gasteiger partial charge in [0.2, 0.25) is 5.91 Å². The van der Waals surface area contributed by atoms with Crippen molar-refractivity contribution in [3.05, 3.63) is 28.2 Å². The van der Waals surface area contributed by atoms with E-state index in [1.807, 2.05) is 0 Å². The molecule has 0 bridgehead atoms. The average molecular weight is 277 g/mol. The van der Waals surface area contributed by atoms with Crippen LogP contribution in [0.1, 0.15) is 6.42 Å². The number of rotatable bonds is 4. The molecule has 1 amide bonds. The predicted molar refractivity (Wildman–Crippen MR) is 65.3 cm³/mol. The first kappa shape index (κ1) is 13.8. The second-order valence-corrected chi connectivity index (χ2v) is 4.16. The molecule has 7 heteroatoms. The summed E-state index contributed by atoms with van der Waals surface area (Å²) in [6, 6.07) is 3.31. The summed E-state index contributed by atoms with van der Waals surface area (Å²) in [4.78, 5) is 21.9. The predicted octanol–water partition coefficient (Wildman–Crippen LogP) is 1.73. The standard InChI is InChI=1S/C10H10Cl2N2O3/c11-5-1-2-8(6(12)3-5)14-9(15)4-7(13)10(16)17/h1-3,7H,4,13H2,(H,14,15)(H,16,17). The summed E-state index contributed by atoms with van der Waals surface area (Å²) in [6.45, 7) is 0. The molecule has 0 aliphatic heterocycles. The van der Waals surface area contributed by atoms with E-state index in [0.29, 0.717) is 10.7 Å². The Bertz CT molecular complexity index is 451. The second kappa shape index (κ2) is 5.86. The summed E-state index contributed by atoms with van der Waals surface area (Å²) in [7, 11) is 0. The third-order valence-electron chi connectivity index (χ3n) is 1.93. The normalized spacial score (nSPS) is 11.9. The van der Waals surface area contributed by atoms with Gasteiger partial charge >= 0.3 is 5.97 Å². The fourth-order valence-electron chi connectivity index (χ4n) is 1.08. The van der Waals surface area contributed by atoms with Gasteiger partial charge in [-0.3, -0.25) is 9.59 Å². The number of nitrogens with two attached hydrogens (primary N) is 1. The highest BCUT2D eigenvalue weighted by Gasteiger charge is 2.16. The minimum atomic E-state index is -1.24. The van der Waals surface area contributed by atoms with Crippen molar-refractivity contribution in [2.75, 3.05) is 5.32 Å². The maximum atomic E-state index is 11.4. The summed E-state index contributed by atoms with van der Waals surface area (Å²) in [5, 5.41) is 11.7. The highest BCUT2D eigenvalue weighted by Crippen LogP contribution is 2.25. The molecule has 1 rings (SSSR count). The van der Waals surface area contributed by atoms with Crippen LogP contribution in [0.25, 0.3) is 0 Å². The third kappa shape index (κ3) is 4.22. The van der Waals surface area contributed by atoms with Gasteiger partial charge in [-0.15, -0.1) is 0 Å². The number of nitrogens with one attached hydrogen (secondary N) is 1. The number of aliphatic carboxylic acids is 1. The number of anilines is 1. The molecule has 0 aliphatic rings. The van der Waals surface area contributed by atoms with Crippen LogP contribution in [0.2, 0.25) is 10.0 Å². The molecule has 0 aromatic heterocycles. The molecule has 0 aliphatic carbocycles. The van der Waals surface area contributed by atoms with Crippen molar-refractivity contribution in [3.8, 4) is 0 Å². The molecule has 17 heavy (non-hydrogen) atoms. The Morgan fingerprint density at radius 1 is 1.41 bits per heavy atom. The summed E-state index contributed by atoms with van der Waals surface area (Å²) in [5.41, 5.74) is 5.58. The lowest BCUT2D eigenvalue weighted by atomic mass is 10.2. The molecule has 0 heterocycles. The molecule has 0 radical (unpaired) electrons. The van der Waals surface area contributed by atoms with Gasteiger partial charge in [-0.05, 0) is 18.2 Å². The fourth-order valence-corrected chi connectivity index (χ4v) is 1.53. The molecule has 0 spiro atoms. The van der Waals surface area contributed by atoms with Gasteiger partial charge in [0, 0.05) is 5.02 Å². The number of hydrogen-bond donors (Lipinski definition) is 3. The van der Waals surface area contributed by atoms with Gasteiger partial charge < -0.3 is 16.2 Å². The number of carbonyl (C=O) groups is 2. The van der Waals surface area contributed by atoms with Crippen LogP contribution in [0.3, 0.4) is 0 Å². The lowest BCUT2D eigenvalue weighted by molar-refractivity contribution is -0.140. The molecule has 1 aromatic rings. The van der Waals surface area contributed by atoms with E-state index in [0.717, 1.165) is 0 Å². The van der Waals surface area contributed by atoms with E-state index in [4.69, 9.17) is 34.0 Å². The van der Waals surface area contributed by atoms with Crippen molar-refractivity contribution < 1.29 is 14.7 Å². The van der Waals surface area contributed by atoms with E-state index in [1.165, 1.54) is 12.1 Å². The molecule has 0 fully saturated rings. The van der Waals surface area contributed by atoms with Gasteiger partial charge in [0.25, 0.3) is 0 Å². The molecule has 4 N–H and O–H groups in total. The van der Waals surface area contributed by atoms with Crippen LogP contribution >= 0.6 is 23.2 Å². The Kier molecular flexibility index (Phi) is 4.74. The summed E-state index contributed by atoms with van der Waals surface area (Å²) in [5.74, 6) is -1.76. The molecule has 1 atom stereocenters. The molecule has 0 saturated carbocycles. The second-order valence-electron chi connectivity index (χ2n) is 3.32. The molecule has 1 unspecified atom stereocenters. The number of carboxylic acid groups (broad SMARTS) is 1. The van der Waals surface area contributed by atoms with Gasteiger partial charge in [-0.2, -0.15) is 0 Å². The number of carboxylic acids is 1. The van der Waals surface area contributed by atoms with Gasteiger partial charge in [-0.25, -0.2) is 0 Å². The Balaban J connectivity index is 2.65. The van der Waals surface area contributed by atoms with Crippen molar-refractivity contribution in [1.29, 1.82) is 0 Å². The number of halogens is 2. The lowest BCUT2D eigenvalue weighted by Crippen LogP contribution is -2.34. The average Bonchev–Trinajstić information content (AvgIpc) is 2.22. The molecule has 1 aromatic carbocycles. The van der Waals surface area contributed by atoms with Gasteiger partial charge in [0.15, 0.2) is 0 Å². The Morgan fingerprint density at radius 2 is 2.06 bits per heavy atom. The summed E-state index contributed by atoms with van der Waals surface area (Å²) >= 11 is 11.5. The van der Waals surface area contributed by atoms with Crippen molar-refractivity contribution in [3.63, 3.8) is 0 Å². The van der Waals surface area contributed by atoms with Crippen LogP contribution < -0.4 is 11.1 Å². The van der Waals surface area contributed by atoms with Crippen LogP contribution in [0, 0.1) is 0 Å². The highest BCUT2D eigenvalue weighted by atomic mass is 35.5. The lowest BCUT2D eigenvalue weighted by Gasteiger charge is -2.09. The third-order valence-corrected chi connectivity index (χ3v) is 2.48. The molecule has 0 saturated heterocycles. The summed E-state index contributed by atoms with van der Waals surface area (Å²) < 4.78 is 0. The van der Waals surface area contributed by atoms with Crippen molar-refractivity contribution in [1.82, 2.24) is 0 Å². The zero-order chi connectivity index (χ0) is 13.0. The smallest absolute Gasteiger partial charge is 0.321 e. The zero-order valence-electron chi connectivity index (χ0n) is 8.61. The van der Waals surface area contributed by atoms with E-state index in [9.17, 15) is 9.59 Å². The highest BCUT2D eigenvalue weighted by molar-refractivity contribution is 6.36. The summed E-state index contributed by atoms with van der Waals surface area (Å²) in [6.07, 6.45) is -0.325. The van der Waals surface area contributed by atoms with E-state index in [-0.39, 0.29) is 11.4 Å². The maximum absolute atomic E-state index is 11.4. The number of amides is 1. The van der Waals surface area contributed by atoms with Crippen LogP contribution in [0.4, 0.5) is 5.69 Å². The number of carbonyl (C=O) groups excluding carboxylic acids is 1. The van der Waals surface area contributed by atoms with Gasteiger partial charge in [0.05, 0.1) is 17.1 Å². The van der Waals surface area contributed by atoms with E-state index >= 15 is 0 Å². The monoisotopic (exact) mass is 276 g/mol.